The summed E-state index contributed by atoms with van der Waals surface area (Å²) in [5.41, 5.74) is 0. The summed E-state index contributed by atoms with van der Waals surface area (Å²) in [6.45, 7) is 11.2. The third kappa shape index (κ3) is 3.72. The van der Waals surface area contributed by atoms with Crippen molar-refractivity contribution < 1.29 is 0 Å². The number of nitrogens with one attached hydrogen (secondary N) is 1. The third-order valence-corrected chi connectivity index (χ3v) is 3.91. The van der Waals surface area contributed by atoms with E-state index in [0.29, 0.717) is 0 Å². The molecular weight excluding hydrogens is 198 g/mol. The van der Waals surface area contributed by atoms with Gasteiger partial charge in [0.15, 0.2) is 0 Å². The van der Waals surface area contributed by atoms with Crippen LogP contribution in [0.3, 0.4) is 0 Å². The molecule has 2 aliphatic heterocycles. The van der Waals surface area contributed by atoms with E-state index in [1.165, 1.54) is 58.7 Å². The average Bonchev–Trinajstić information content (AvgIpc) is 2.43. The summed E-state index contributed by atoms with van der Waals surface area (Å²) in [6.07, 6.45) is 2.82. The van der Waals surface area contributed by atoms with Gasteiger partial charge in [0.25, 0.3) is 0 Å². The van der Waals surface area contributed by atoms with Gasteiger partial charge in [-0.1, -0.05) is 6.92 Å². The number of hydrogen-bond donors (Lipinski definition) is 1. The molecule has 3 nitrogen and oxygen atoms in total. The van der Waals surface area contributed by atoms with Crippen LogP contribution in [0, 0.1) is 11.8 Å². The fraction of sp³-hybridized carbons (Fsp3) is 1.00. The Balaban J connectivity index is 1.78. The molecule has 2 rings (SSSR count). The zero-order chi connectivity index (χ0) is 11.4. The zero-order valence-electron chi connectivity index (χ0n) is 10.9. The van der Waals surface area contributed by atoms with Crippen LogP contribution >= 0.6 is 0 Å². The van der Waals surface area contributed by atoms with E-state index in [9.17, 15) is 0 Å². The first-order valence-electron chi connectivity index (χ1n) is 6.85. The fourth-order valence-electron chi connectivity index (χ4n) is 3.14. The van der Waals surface area contributed by atoms with Gasteiger partial charge in [0.1, 0.15) is 0 Å². The second-order valence-corrected chi connectivity index (χ2v) is 5.84. The Morgan fingerprint density at radius 2 is 2.12 bits per heavy atom. The molecule has 3 heteroatoms. The lowest BCUT2D eigenvalue weighted by atomic mass is 9.97. The summed E-state index contributed by atoms with van der Waals surface area (Å²) in [7, 11) is 2.26. The van der Waals surface area contributed by atoms with Gasteiger partial charge >= 0.3 is 0 Å². The maximum atomic E-state index is 3.52. The van der Waals surface area contributed by atoms with E-state index in [2.05, 4.69) is 29.1 Å². The number of rotatable bonds is 2. The minimum atomic E-state index is 0.809. The molecule has 1 N–H and O–H groups in total. The van der Waals surface area contributed by atoms with E-state index in [1.807, 2.05) is 0 Å². The smallest absolute Gasteiger partial charge is 0.0107 e. The number of nitrogens with zero attached hydrogens (tertiary/aromatic N) is 2. The minimum Gasteiger partial charge on any atom is -0.315 e. The van der Waals surface area contributed by atoms with Crippen molar-refractivity contribution in [2.75, 3.05) is 52.9 Å². The van der Waals surface area contributed by atoms with E-state index in [4.69, 9.17) is 0 Å². The molecule has 2 heterocycles. The van der Waals surface area contributed by atoms with Crippen molar-refractivity contribution in [2.45, 2.75) is 19.8 Å². The minimum absolute atomic E-state index is 0.809. The molecule has 0 spiro atoms. The fourth-order valence-corrected chi connectivity index (χ4v) is 3.14. The molecule has 16 heavy (non-hydrogen) atoms. The molecule has 0 radical (unpaired) electrons. The number of likely N-dealkylation sites (tertiary alicyclic amines) is 1. The van der Waals surface area contributed by atoms with Crippen molar-refractivity contribution >= 4 is 0 Å². The summed E-state index contributed by atoms with van der Waals surface area (Å²) in [6, 6.07) is 0. The highest BCUT2D eigenvalue weighted by Crippen LogP contribution is 2.17. The lowest BCUT2D eigenvalue weighted by molar-refractivity contribution is 0.149. The van der Waals surface area contributed by atoms with Crippen LogP contribution in [0.1, 0.15) is 19.8 Å². The van der Waals surface area contributed by atoms with Gasteiger partial charge < -0.3 is 15.1 Å². The summed E-state index contributed by atoms with van der Waals surface area (Å²) in [5.74, 6) is 1.72. The Labute approximate surface area is 100 Å². The van der Waals surface area contributed by atoms with Crippen LogP contribution in [0.15, 0.2) is 0 Å². The van der Waals surface area contributed by atoms with Crippen LogP contribution in [-0.4, -0.2) is 62.7 Å². The monoisotopic (exact) mass is 225 g/mol. The molecule has 2 saturated heterocycles. The van der Waals surface area contributed by atoms with Crippen LogP contribution in [0.25, 0.3) is 0 Å². The highest BCUT2D eigenvalue weighted by molar-refractivity contribution is 4.77. The highest BCUT2D eigenvalue weighted by atomic mass is 15.2. The van der Waals surface area contributed by atoms with Gasteiger partial charge in [-0.15, -0.1) is 0 Å². The van der Waals surface area contributed by atoms with Crippen molar-refractivity contribution in [1.29, 1.82) is 0 Å². The predicted octanol–water partition coefficient (Wildman–Crippen LogP) is 0.870. The van der Waals surface area contributed by atoms with Crippen molar-refractivity contribution in [2.24, 2.45) is 11.8 Å². The quantitative estimate of drug-likeness (QED) is 0.752. The SMILES string of the molecule is CC1CNCCN(CC2CCCN(C)C2)C1. The summed E-state index contributed by atoms with van der Waals surface area (Å²) < 4.78 is 0. The van der Waals surface area contributed by atoms with E-state index < -0.39 is 0 Å². The summed E-state index contributed by atoms with van der Waals surface area (Å²) >= 11 is 0. The number of piperidine rings is 1. The van der Waals surface area contributed by atoms with E-state index in [0.717, 1.165) is 11.8 Å². The molecular formula is C13H27N3. The van der Waals surface area contributed by atoms with Crippen LogP contribution in [0.2, 0.25) is 0 Å². The lowest BCUT2D eigenvalue weighted by Gasteiger charge is -2.33. The van der Waals surface area contributed by atoms with Gasteiger partial charge in [0.05, 0.1) is 0 Å². The van der Waals surface area contributed by atoms with Crippen molar-refractivity contribution in [3.8, 4) is 0 Å². The normalized spacial score (nSPS) is 34.9. The lowest BCUT2D eigenvalue weighted by Crippen LogP contribution is -2.41. The highest BCUT2D eigenvalue weighted by Gasteiger charge is 2.21. The molecule has 2 atom stereocenters. The molecule has 0 aromatic heterocycles. The molecule has 0 aromatic rings. The van der Waals surface area contributed by atoms with E-state index in [1.54, 1.807) is 0 Å². The van der Waals surface area contributed by atoms with Gasteiger partial charge in [-0.2, -0.15) is 0 Å². The van der Waals surface area contributed by atoms with E-state index >= 15 is 0 Å². The van der Waals surface area contributed by atoms with Crippen LogP contribution in [0.4, 0.5) is 0 Å². The van der Waals surface area contributed by atoms with Gasteiger partial charge in [-0.05, 0) is 44.8 Å². The molecule has 0 bridgehead atoms. The van der Waals surface area contributed by atoms with Crippen molar-refractivity contribution in [1.82, 2.24) is 15.1 Å². The molecule has 2 fully saturated rings. The average molecular weight is 225 g/mol. The molecule has 0 amide bonds. The Bertz CT molecular complexity index is 207. The Kier molecular flexibility index (Phi) is 4.62. The second kappa shape index (κ2) is 5.99. The molecule has 94 valence electrons. The van der Waals surface area contributed by atoms with Crippen LogP contribution < -0.4 is 5.32 Å². The standard InChI is InChI=1S/C13H27N3/c1-12-8-14-5-7-16(9-12)11-13-4-3-6-15(2)10-13/h12-14H,3-11H2,1-2H3. The molecule has 0 aliphatic carbocycles. The van der Waals surface area contributed by atoms with E-state index in [-0.39, 0.29) is 0 Å². The van der Waals surface area contributed by atoms with Gasteiger partial charge in [-0.3, -0.25) is 0 Å². The molecule has 0 saturated carbocycles. The van der Waals surface area contributed by atoms with Crippen LogP contribution in [-0.2, 0) is 0 Å². The topological polar surface area (TPSA) is 18.5 Å². The number of hydrogen-bond acceptors (Lipinski definition) is 3. The predicted molar refractivity (Wildman–Crippen MR) is 68.7 cm³/mol. The Hall–Kier alpha value is -0.120. The maximum Gasteiger partial charge on any atom is 0.0107 e. The first-order valence-corrected chi connectivity index (χ1v) is 6.85. The first kappa shape index (κ1) is 12.3. The van der Waals surface area contributed by atoms with Crippen LogP contribution in [0.5, 0.6) is 0 Å². The summed E-state index contributed by atoms with van der Waals surface area (Å²) in [5, 5.41) is 3.52. The van der Waals surface area contributed by atoms with Crippen molar-refractivity contribution in [3.63, 3.8) is 0 Å². The first-order chi connectivity index (χ1) is 7.74. The summed E-state index contributed by atoms with van der Waals surface area (Å²) in [4.78, 5) is 5.17. The van der Waals surface area contributed by atoms with Gasteiger partial charge in [0.2, 0.25) is 0 Å². The Morgan fingerprint density at radius 3 is 2.94 bits per heavy atom. The molecule has 0 aromatic carbocycles. The van der Waals surface area contributed by atoms with Gasteiger partial charge in [-0.25, -0.2) is 0 Å². The second-order valence-electron chi connectivity index (χ2n) is 5.84. The molecule has 2 aliphatic rings. The largest absolute Gasteiger partial charge is 0.315 e. The zero-order valence-corrected chi connectivity index (χ0v) is 10.9. The Morgan fingerprint density at radius 1 is 1.25 bits per heavy atom. The third-order valence-electron chi connectivity index (χ3n) is 3.91. The molecule has 2 unspecified atom stereocenters. The van der Waals surface area contributed by atoms with Gasteiger partial charge in [0, 0.05) is 32.7 Å². The maximum absolute atomic E-state index is 3.52. The van der Waals surface area contributed by atoms with Crippen molar-refractivity contribution in [3.05, 3.63) is 0 Å².